The largest absolute Gasteiger partial charge is 0.266 e. The van der Waals surface area contributed by atoms with E-state index >= 15 is 0 Å². The molecule has 1 aromatic heterocycles. The minimum atomic E-state index is -0.449. The number of aliphatic imine (C=N–C) groups is 1. The number of benzene rings is 1. The number of nitrogens with zero attached hydrogens (tertiary/aromatic N) is 3. The standard InChI is InChI=1S/C18H12FN3S/c1-12-22-17(11-23-12)4-2-13-3-5-18(21-10-13)15-6-14(9-20)7-16(19)8-15/h3,5-8,10,12H,11H2,1H3. The summed E-state index contributed by atoms with van der Waals surface area (Å²) in [5.74, 6) is 6.49. The number of rotatable bonds is 1. The fraction of sp³-hybridized carbons (Fsp3) is 0.167. The number of thioether (sulfide) groups is 1. The summed E-state index contributed by atoms with van der Waals surface area (Å²) in [6.07, 6.45) is 1.64. The summed E-state index contributed by atoms with van der Waals surface area (Å²) in [7, 11) is 0. The predicted octanol–water partition coefficient (Wildman–Crippen LogP) is 3.64. The van der Waals surface area contributed by atoms with Crippen LogP contribution in [0.2, 0.25) is 0 Å². The fourth-order valence-corrected chi connectivity index (χ4v) is 2.89. The average Bonchev–Trinajstić information content (AvgIpc) is 2.98. The molecule has 1 aliphatic heterocycles. The van der Waals surface area contributed by atoms with Crippen molar-refractivity contribution in [3.05, 3.63) is 53.5 Å². The van der Waals surface area contributed by atoms with Crippen LogP contribution in [0.1, 0.15) is 18.1 Å². The first-order valence-electron chi connectivity index (χ1n) is 7.01. The third kappa shape index (κ3) is 3.77. The molecule has 1 aromatic carbocycles. The van der Waals surface area contributed by atoms with Gasteiger partial charge in [0.15, 0.2) is 0 Å². The van der Waals surface area contributed by atoms with Crippen molar-refractivity contribution < 1.29 is 4.39 Å². The van der Waals surface area contributed by atoms with Crippen molar-refractivity contribution in [1.82, 2.24) is 4.98 Å². The van der Waals surface area contributed by atoms with Crippen LogP contribution < -0.4 is 0 Å². The Hall–Kier alpha value is -2.63. The summed E-state index contributed by atoms with van der Waals surface area (Å²) in [4.78, 5) is 8.71. The molecule has 23 heavy (non-hydrogen) atoms. The lowest BCUT2D eigenvalue weighted by atomic mass is 10.1. The smallest absolute Gasteiger partial charge is 0.125 e. The Kier molecular flexibility index (Phi) is 4.41. The molecule has 0 radical (unpaired) electrons. The molecule has 1 atom stereocenters. The Labute approximate surface area is 138 Å². The van der Waals surface area contributed by atoms with Crippen LogP contribution in [-0.2, 0) is 0 Å². The van der Waals surface area contributed by atoms with Crippen molar-refractivity contribution in [2.45, 2.75) is 12.3 Å². The Morgan fingerprint density at radius 1 is 1.22 bits per heavy atom. The Balaban J connectivity index is 1.83. The van der Waals surface area contributed by atoms with Gasteiger partial charge < -0.3 is 0 Å². The number of hydrogen-bond acceptors (Lipinski definition) is 4. The quantitative estimate of drug-likeness (QED) is 0.753. The number of hydrogen-bond donors (Lipinski definition) is 0. The summed E-state index contributed by atoms with van der Waals surface area (Å²) < 4.78 is 13.5. The van der Waals surface area contributed by atoms with Crippen LogP contribution in [0.3, 0.4) is 0 Å². The second-order valence-corrected chi connectivity index (χ2v) is 6.31. The molecule has 0 N–H and O–H groups in total. The second-order valence-electron chi connectivity index (χ2n) is 5.01. The minimum Gasteiger partial charge on any atom is -0.266 e. The first-order valence-corrected chi connectivity index (χ1v) is 8.06. The molecule has 0 saturated heterocycles. The summed E-state index contributed by atoms with van der Waals surface area (Å²) >= 11 is 1.76. The van der Waals surface area contributed by atoms with Crippen LogP contribution in [0, 0.1) is 29.0 Å². The predicted molar refractivity (Wildman–Crippen MR) is 90.6 cm³/mol. The van der Waals surface area contributed by atoms with Gasteiger partial charge in [0.25, 0.3) is 0 Å². The van der Waals surface area contributed by atoms with Gasteiger partial charge in [0.1, 0.15) is 5.82 Å². The fourth-order valence-electron chi connectivity index (χ4n) is 2.15. The lowest BCUT2D eigenvalue weighted by Crippen LogP contribution is -1.92. The summed E-state index contributed by atoms with van der Waals surface area (Å²) in [6.45, 7) is 2.05. The Morgan fingerprint density at radius 3 is 2.74 bits per heavy atom. The van der Waals surface area contributed by atoms with Crippen LogP contribution in [0.25, 0.3) is 11.3 Å². The van der Waals surface area contributed by atoms with Gasteiger partial charge >= 0.3 is 0 Å². The van der Waals surface area contributed by atoms with Gasteiger partial charge in [-0.05, 0) is 43.2 Å². The molecule has 112 valence electrons. The molecule has 1 aliphatic rings. The maximum atomic E-state index is 13.5. The molecule has 5 heteroatoms. The SMILES string of the molecule is CC1N=C(C#Cc2ccc(-c3cc(F)cc(C#N)c3)nc2)CS1. The van der Waals surface area contributed by atoms with Gasteiger partial charge in [-0.2, -0.15) is 5.26 Å². The number of halogens is 1. The van der Waals surface area contributed by atoms with E-state index in [-0.39, 0.29) is 10.9 Å². The molecule has 0 bridgehead atoms. The highest BCUT2D eigenvalue weighted by atomic mass is 32.2. The van der Waals surface area contributed by atoms with Crippen molar-refractivity contribution >= 4 is 17.5 Å². The highest BCUT2D eigenvalue weighted by Crippen LogP contribution is 2.20. The topological polar surface area (TPSA) is 49.0 Å². The van der Waals surface area contributed by atoms with E-state index in [0.717, 1.165) is 17.0 Å². The molecule has 0 amide bonds. The lowest BCUT2D eigenvalue weighted by molar-refractivity contribution is 0.628. The van der Waals surface area contributed by atoms with Crippen molar-refractivity contribution in [3.63, 3.8) is 0 Å². The summed E-state index contributed by atoms with van der Waals surface area (Å²) in [5, 5.41) is 9.18. The monoisotopic (exact) mass is 321 g/mol. The van der Waals surface area contributed by atoms with Crippen LogP contribution >= 0.6 is 11.8 Å². The molecule has 2 aromatic rings. The van der Waals surface area contributed by atoms with Crippen LogP contribution in [0.5, 0.6) is 0 Å². The molecular weight excluding hydrogens is 309 g/mol. The molecule has 0 aliphatic carbocycles. The van der Waals surface area contributed by atoms with Crippen molar-refractivity contribution in [3.8, 4) is 29.2 Å². The molecular formula is C18H12FN3S. The van der Waals surface area contributed by atoms with Gasteiger partial charge in [-0.15, -0.1) is 11.8 Å². The molecule has 0 spiro atoms. The van der Waals surface area contributed by atoms with Gasteiger partial charge in [0.2, 0.25) is 0 Å². The zero-order valence-corrected chi connectivity index (χ0v) is 13.2. The van der Waals surface area contributed by atoms with Gasteiger partial charge in [-0.1, -0.05) is 5.92 Å². The first kappa shape index (κ1) is 15.3. The van der Waals surface area contributed by atoms with E-state index in [9.17, 15) is 4.39 Å². The maximum Gasteiger partial charge on any atom is 0.125 e. The van der Waals surface area contributed by atoms with Gasteiger partial charge in [0.05, 0.1) is 28.4 Å². The van der Waals surface area contributed by atoms with Crippen molar-refractivity contribution in [1.29, 1.82) is 5.26 Å². The molecule has 0 fully saturated rings. The number of aromatic nitrogens is 1. The second kappa shape index (κ2) is 6.64. The molecule has 0 saturated carbocycles. The normalized spacial score (nSPS) is 16.2. The van der Waals surface area contributed by atoms with Gasteiger partial charge in [0, 0.05) is 23.1 Å². The van der Waals surface area contributed by atoms with Crippen molar-refractivity contribution in [2.24, 2.45) is 4.99 Å². The Bertz CT molecular complexity index is 870. The molecule has 3 nitrogen and oxygen atoms in total. The van der Waals surface area contributed by atoms with Gasteiger partial charge in [-0.25, -0.2) is 4.39 Å². The van der Waals surface area contributed by atoms with E-state index in [2.05, 4.69) is 21.8 Å². The maximum absolute atomic E-state index is 13.5. The van der Waals surface area contributed by atoms with E-state index in [1.807, 2.05) is 19.1 Å². The zero-order chi connectivity index (χ0) is 16.2. The van der Waals surface area contributed by atoms with Crippen LogP contribution in [0.15, 0.2) is 41.5 Å². The van der Waals surface area contributed by atoms with E-state index in [4.69, 9.17) is 5.26 Å². The zero-order valence-electron chi connectivity index (χ0n) is 12.4. The van der Waals surface area contributed by atoms with Gasteiger partial charge in [-0.3, -0.25) is 9.98 Å². The van der Waals surface area contributed by atoms with E-state index in [1.165, 1.54) is 12.1 Å². The third-order valence-electron chi connectivity index (χ3n) is 3.24. The number of pyridine rings is 1. The highest BCUT2D eigenvalue weighted by molar-refractivity contribution is 8.00. The van der Waals surface area contributed by atoms with E-state index in [0.29, 0.717) is 11.3 Å². The Morgan fingerprint density at radius 2 is 2.09 bits per heavy atom. The van der Waals surface area contributed by atoms with Crippen LogP contribution in [0.4, 0.5) is 4.39 Å². The third-order valence-corrected chi connectivity index (χ3v) is 4.26. The minimum absolute atomic E-state index is 0.275. The summed E-state index contributed by atoms with van der Waals surface area (Å²) in [5.41, 5.74) is 3.13. The highest BCUT2D eigenvalue weighted by Gasteiger charge is 2.10. The molecule has 3 rings (SSSR count). The lowest BCUT2D eigenvalue weighted by Gasteiger charge is -2.02. The molecule has 1 unspecified atom stereocenters. The first-order chi connectivity index (χ1) is 11.1. The number of nitriles is 1. The summed E-state index contributed by atoms with van der Waals surface area (Å²) in [6, 6.07) is 9.72. The molecule has 2 heterocycles. The van der Waals surface area contributed by atoms with E-state index < -0.39 is 5.82 Å². The van der Waals surface area contributed by atoms with Crippen molar-refractivity contribution in [2.75, 3.05) is 5.75 Å². The average molecular weight is 321 g/mol. The van der Waals surface area contributed by atoms with Crippen LogP contribution in [-0.4, -0.2) is 21.8 Å². The van der Waals surface area contributed by atoms with E-state index in [1.54, 1.807) is 30.1 Å².